The number of benzene rings is 2. The molecule has 176 valence electrons. The number of ether oxygens (including phenoxy) is 3. The molecule has 4 rings (SSSR count). The standard InChI is InChI=1S/C26H32N2O5/c1-31-21-9-5-4-8-20(21)26(12-6-7-13-26)17-27-25(30)18-14-24(29)28(16-18)19-10-11-22(32-2)23(15-19)33-3/h4-5,8-11,15,18H,6-7,12-14,16-17H2,1-3H3,(H,27,30). The van der Waals surface area contributed by atoms with E-state index in [2.05, 4.69) is 11.4 Å². The van der Waals surface area contributed by atoms with Crippen molar-refractivity contribution in [2.45, 2.75) is 37.5 Å². The highest BCUT2D eigenvalue weighted by Gasteiger charge is 2.40. The fourth-order valence-electron chi connectivity index (χ4n) is 5.20. The third-order valence-electron chi connectivity index (χ3n) is 7.01. The maximum absolute atomic E-state index is 13.1. The monoisotopic (exact) mass is 452 g/mol. The van der Waals surface area contributed by atoms with Gasteiger partial charge in [0.1, 0.15) is 5.75 Å². The number of hydrogen-bond donors (Lipinski definition) is 1. The fraction of sp³-hybridized carbons (Fsp3) is 0.462. The van der Waals surface area contributed by atoms with Gasteiger partial charge in [0.25, 0.3) is 0 Å². The van der Waals surface area contributed by atoms with Crippen LogP contribution < -0.4 is 24.4 Å². The third-order valence-corrected chi connectivity index (χ3v) is 7.01. The number of nitrogens with one attached hydrogen (secondary N) is 1. The van der Waals surface area contributed by atoms with E-state index in [4.69, 9.17) is 14.2 Å². The molecule has 1 unspecified atom stereocenters. The zero-order chi connectivity index (χ0) is 23.4. The summed E-state index contributed by atoms with van der Waals surface area (Å²) in [7, 11) is 4.82. The van der Waals surface area contributed by atoms with Gasteiger partial charge in [-0.3, -0.25) is 9.59 Å². The molecule has 1 atom stereocenters. The lowest BCUT2D eigenvalue weighted by molar-refractivity contribution is -0.126. The molecule has 1 saturated carbocycles. The summed E-state index contributed by atoms with van der Waals surface area (Å²) in [6, 6.07) is 13.4. The molecule has 0 radical (unpaired) electrons. The second-order valence-electron chi connectivity index (χ2n) is 8.85. The van der Waals surface area contributed by atoms with Gasteiger partial charge in [0, 0.05) is 42.2 Å². The third kappa shape index (κ3) is 4.49. The van der Waals surface area contributed by atoms with E-state index in [1.807, 2.05) is 24.3 Å². The van der Waals surface area contributed by atoms with Crippen molar-refractivity contribution in [3.05, 3.63) is 48.0 Å². The van der Waals surface area contributed by atoms with Crippen LogP contribution in [0, 0.1) is 5.92 Å². The van der Waals surface area contributed by atoms with Gasteiger partial charge in [-0.2, -0.15) is 0 Å². The average Bonchev–Trinajstić information content (AvgIpc) is 3.49. The van der Waals surface area contributed by atoms with Gasteiger partial charge in [-0.05, 0) is 31.0 Å². The van der Waals surface area contributed by atoms with Crippen LogP contribution in [0.2, 0.25) is 0 Å². The highest BCUT2D eigenvalue weighted by Crippen LogP contribution is 2.44. The van der Waals surface area contributed by atoms with Gasteiger partial charge in [-0.25, -0.2) is 0 Å². The van der Waals surface area contributed by atoms with E-state index in [-0.39, 0.29) is 29.6 Å². The molecular formula is C26H32N2O5. The summed E-state index contributed by atoms with van der Waals surface area (Å²) in [5.74, 6) is 1.48. The Morgan fingerprint density at radius 2 is 1.70 bits per heavy atom. The van der Waals surface area contributed by atoms with Crippen molar-refractivity contribution in [2.24, 2.45) is 5.92 Å². The molecule has 33 heavy (non-hydrogen) atoms. The first kappa shape index (κ1) is 23.0. The Hall–Kier alpha value is -3.22. The van der Waals surface area contributed by atoms with Crippen molar-refractivity contribution in [1.82, 2.24) is 5.32 Å². The molecule has 1 aliphatic heterocycles. The quantitative estimate of drug-likeness (QED) is 0.661. The fourth-order valence-corrected chi connectivity index (χ4v) is 5.20. The molecule has 1 saturated heterocycles. The molecule has 0 spiro atoms. The summed E-state index contributed by atoms with van der Waals surface area (Å²) in [5, 5.41) is 3.17. The molecule has 2 aliphatic rings. The number of carbonyl (C=O) groups is 2. The Balaban J connectivity index is 1.45. The minimum Gasteiger partial charge on any atom is -0.496 e. The molecule has 7 heteroatoms. The van der Waals surface area contributed by atoms with E-state index in [0.29, 0.717) is 30.3 Å². The normalized spacial score (nSPS) is 19.4. The van der Waals surface area contributed by atoms with Crippen molar-refractivity contribution in [1.29, 1.82) is 0 Å². The Labute approximate surface area is 195 Å². The summed E-state index contributed by atoms with van der Waals surface area (Å²) < 4.78 is 16.3. The van der Waals surface area contributed by atoms with Crippen molar-refractivity contribution < 1.29 is 23.8 Å². The van der Waals surface area contributed by atoms with Gasteiger partial charge >= 0.3 is 0 Å². The van der Waals surface area contributed by atoms with Gasteiger partial charge in [0.15, 0.2) is 11.5 Å². The number of hydrogen-bond acceptors (Lipinski definition) is 5. The summed E-state index contributed by atoms with van der Waals surface area (Å²) in [6.07, 6.45) is 4.47. The Morgan fingerprint density at radius 3 is 2.39 bits per heavy atom. The van der Waals surface area contributed by atoms with Crippen LogP contribution in [0.15, 0.2) is 42.5 Å². The maximum Gasteiger partial charge on any atom is 0.227 e. The summed E-state index contributed by atoms with van der Waals surface area (Å²) in [5.41, 5.74) is 1.72. The first-order chi connectivity index (χ1) is 16.0. The first-order valence-electron chi connectivity index (χ1n) is 11.4. The molecule has 0 aromatic heterocycles. The number of anilines is 1. The molecule has 2 aromatic carbocycles. The number of para-hydroxylation sites is 1. The van der Waals surface area contributed by atoms with Gasteiger partial charge < -0.3 is 24.4 Å². The summed E-state index contributed by atoms with van der Waals surface area (Å²) in [6.45, 7) is 0.898. The van der Waals surface area contributed by atoms with Gasteiger partial charge in [0.2, 0.25) is 11.8 Å². The topological polar surface area (TPSA) is 77.1 Å². The molecule has 1 N–H and O–H groups in total. The second-order valence-corrected chi connectivity index (χ2v) is 8.85. The first-order valence-corrected chi connectivity index (χ1v) is 11.4. The lowest BCUT2D eigenvalue weighted by atomic mass is 9.78. The van der Waals surface area contributed by atoms with Gasteiger partial charge in [-0.1, -0.05) is 31.0 Å². The lowest BCUT2D eigenvalue weighted by Crippen LogP contribution is -2.42. The van der Waals surface area contributed by atoms with E-state index >= 15 is 0 Å². The van der Waals surface area contributed by atoms with E-state index in [0.717, 1.165) is 37.0 Å². The lowest BCUT2D eigenvalue weighted by Gasteiger charge is -2.31. The highest BCUT2D eigenvalue weighted by molar-refractivity contribution is 6.00. The maximum atomic E-state index is 13.1. The molecule has 1 aliphatic carbocycles. The van der Waals surface area contributed by atoms with Gasteiger partial charge in [-0.15, -0.1) is 0 Å². The minimum atomic E-state index is -0.387. The number of amides is 2. The summed E-state index contributed by atoms with van der Waals surface area (Å²) >= 11 is 0. The van der Waals surface area contributed by atoms with Crippen LogP contribution in [0.1, 0.15) is 37.7 Å². The van der Waals surface area contributed by atoms with Crippen LogP contribution in [-0.4, -0.2) is 46.2 Å². The number of rotatable bonds is 8. The van der Waals surface area contributed by atoms with Crippen LogP contribution in [0.4, 0.5) is 5.69 Å². The van der Waals surface area contributed by atoms with E-state index in [1.54, 1.807) is 38.4 Å². The van der Waals surface area contributed by atoms with Crippen molar-refractivity contribution in [2.75, 3.05) is 39.3 Å². The number of carbonyl (C=O) groups excluding carboxylic acids is 2. The molecule has 2 fully saturated rings. The van der Waals surface area contributed by atoms with Crippen molar-refractivity contribution in [3.8, 4) is 17.2 Å². The second kappa shape index (κ2) is 9.73. The van der Waals surface area contributed by atoms with Crippen LogP contribution in [-0.2, 0) is 15.0 Å². The Kier molecular flexibility index (Phi) is 6.77. The number of nitrogens with zero attached hydrogens (tertiary/aromatic N) is 1. The van der Waals surface area contributed by atoms with Crippen LogP contribution in [0.3, 0.4) is 0 Å². The minimum absolute atomic E-state index is 0.0670. The van der Waals surface area contributed by atoms with Crippen molar-refractivity contribution in [3.63, 3.8) is 0 Å². The Morgan fingerprint density at radius 1 is 1.00 bits per heavy atom. The molecule has 0 bridgehead atoms. The van der Waals surface area contributed by atoms with E-state index in [9.17, 15) is 9.59 Å². The molecular weight excluding hydrogens is 420 g/mol. The summed E-state index contributed by atoms with van der Waals surface area (Å²) in [4.78, 5) is 27.5. The van der Waals surface area contributed by atoms with Crippen LogP contribution >= 0.6 is 0 Å². The average molecular weight is 453 g/mol. The van der Waals surface area contributed by atoms with Crippen LogP contribution in [0.25, 0.3) is 0 Å². The molecule has 1 heterocycles. The highest BCUT2D eigenvalue weighted by atomic mass is 16.5. The van der Waals surface area contributed by atoms with E-state index < -0.39 is 0 Å². The zero-order valence-electron chi connectivity index (χ0n) is 19.6. The molecule has 2 aromatic rings. The molecule has 7 nitrogen and oxygen atoms in total. The van der Waals surface area contributed by atoms with Crippen LogP contribution in [0.5, 0.6) is 17.2 Å². The predicted molar refractivity (Wildman–Crippen MR) is 126 cm³/mol. The number of methoxy groups -OCH3 is 3. The zero-order valence-corrected chi connectivity index (χ0v) is 19.6. The predicted octanol–water partition coefficient (Wildman–Crippen LogP) is 3.69. The van der Waals surface area contributed by atoms with E-state index in [1.165, 1.54) is 0 Å². The smallest absolute Gasteiger partial charge is 0.227 e. The Bertz CT molecular complexity index is 1020. The van der Waals surface area contributed by atoms with Crippen molar-refractivity contribution >= 4 is 17.5 Å². The SMILES string of the molecule is COc1ccc(N2CC(C(=O)NCC3(c4ccccc4OC)CCCC3)CC2=O)cc1OC. The largest absolute Gasteiger partial charge is 0.496 e. The van der Waals surface area contributed by atoms with Gasteiger partial charge in [0.05, 0.1) is 27.2 Å². The molecule has 2 amide bonds.